The fraction of sp³-hybridized carbons (Fsp3) is 0. The normalized spacial score (nSPS) is 4.80. The van der Waals surface area contributed by atoms with Crippen LogP contribution in [0.25, 0.3) is 0 Å². The Bertz CT molecular complexity index is 83.3. The van der Waals surface area contributed by atoms with Gasteiger partial charge in [0.25, 0.3) is 10.3 Å². The summed E-state index contributed by atoms with van der Waals surface area (Å²) >= 11 is 7.74. The molecule has 0 aromatic carbocycles. The molecule has 0 aromatic heterocycles. The van der Waals surface area contributed by atoms with Crippen molar-refractivity contribution in [2.24, 2.45) is 11.5 Å². The van der Waals surface area contributed by atoms with Crippen LogP contribution in [0.4, 0.5) is 0 Å². The molecule has 0 unspecified atom stereocenters. The van der Waals surface area contributed by atoms with E-state index in [0.717, 1.165) is 0 Å². The van der Waals surface area contributed by atoms with E-state index < -0.39 is 10.3 Å². The monoisotopic (exact) mass is 242 g/mol. The molecule has 0 saturated carbocycles. The standard InChI is InChI=1S/2CH3NOS.Na.Zn.H/c2*2-1(3)4;;;/h2*(H3,2,3,4);;;. The number of hydrogen-bond acceptors (Lipinski definition) is 2. The summed E-state index contributed by atoms with van der Waals surface area (Å²) in [6.45, 7) is 0. The Morgan fingerprint density at radius 2 is 1.00 bits per heavy atom. The summed E-state index contributed by atoms with van der Waals surface area (Å²) in [6.07, 6.45) is 0. The van der Waals surface area contributed by atoms with Crippen LogP contribution in [0.3, 0.4) is 0 Å². The second-order valence-corrected chi connectivity index (χ2v) is 1.51. The Balaban J connectivity index is -0.0000000300. The summed E-state index contributed by atoms with van der Waals surface area (Å²) in [5, 5.41) is 14.1. The predicted octanol–water partition coefficient (Wildman–Crippen LogP) is -1.07. The van der Waals surface area contributed by atoms with Crippen LogP contribution in [0.2, 0.25) is 0 Å². The van der Waals surface area contributed by atoms with E-state index in [-0.39, 0.29) is 49.0 Å². The summed E-state index contributed by atoms with van der Waals surface area (Å²) in [5.41, 5.74) is 8.80. The molecule has 10 heavy (non-hydrogen) atoms. The van der Waals surface area contributed by atoms with E-state index in [9.17, 15) is 0 Å². The molecule has 8 heteroatoms. The molecule has 52 valence electrons. The third-order valence-corrected chi connectivity index (χ3v) is 0. The number of rotatable bonds is 0. The Labute approximate surface area is 104 Å². The third kappa shape index (κ3) is 573. The van der Waals surface area contributed by atoms with E-state index >= 15 is 0 Å². The van der Waals surface area contributed by atoms with Crippen molar-refractivity contribution in [3.63, 3.8) is 0 Å². The first-order valence-corrected chi connectivity index (χ1v) is 2.25. The van der Waals surface area contributed by atoms with E-state index in [1.165, 1.54) is 0 Å². The molecule has 0 aromatic rings. The molecule has 0 aliphatic rings. The zero-order chi connectivity index (χ0) is 7.15. The molecule has 6 N–H and O–H groups in total. The van der Waals surface area contributed by atoms with Crippen LogP contribution < -0.4 is 11.5 Å². The predicted molar refractivity (Wildman–Crippen MR) is 46.0 cm³/mol. The van der Waals surface area contributed by atoms with Gasteiger partial charge in [-0.2, -0.15) is 0 Å². The van der Waals surface area contributed by atoms with Crippen LogP contribution in [0, 0.1) is 0 Å². The van der Waals surface area contributed by atoms with Crippen LogP contribution in [0.1, 0.15) is 0 Å². The van der Waals surface area contributed by atoms with Crippen LogP contribution in [-0.4, -0.2) is 50.1 Å². The van der Waals surface area contributed by atoms with Crippen molar-refractivity contribution in [3.8, 4) is 0 Å². The van der Waals surface area contributed by atoms with Gasteiger partial charge in [0.05, 0.1) is 0 Å². The summed E-state index contributed by atoms with van der Waals surface area (Å²) in [6, 6.07) is 0. The number of hydrogen-bond donors (Lipinski definition) is 4. The minimum absolute atomic E-state index is 0. The molecule has 0 bridgehead atoms. The number of thiocarbonyl (C=S) groups is 2. The number of aliphatic hydroxyl groups excluding tert-OH is 2. The topological polar surface area (TPSA) is 92.5 Å². The summed E-state index contributed by atoms with van der Waals surface area (Å²) in [4.78, 5) is 0. The van der Waals surface area contributed by atoms with Gasteiger partial charge in [-0.3, -0.25) is 0 Å². The van der Waals surface area contributed by atoms with E-state index in [1.807, 2.05) is 0 Å². The van der Waals surface area contributed by atoms with Crippen LogP contribution in [0.15, 0.2) is 0 Å². The van der Waals surface area contributed by atoms with E-state index in [1.54, 1.807) is 0 Å². The van der Waals surface area contributed by atoms with Crippen LogP contribution in [-0.2, 0) is 19.5 Å². The van der Waals surface area contributed by atoms with Crippen molar-refractivity contribution in [2.75, 3.05) is 0 Å². The molecule has 0 aliphatic carbocycles. The van der Waals surface area contributed by atoms with Gasteiger partial charge in [-0.05, 0) is 24.4 Å². The first-order chi connectivity index (χ1) is 3.46. The molecule has 0 amide bonds. The third-order valence-electron chi connectivity index (χ3n) is 0. The zero-order valence-corrected chi connectivity index (χ0v) is 9.17. The van der Waals surface area contributed by atoms with Gasteiger partial charge in [-0.1, -0.05) is 0 Å². The molecule has 0 saturated heterocycles. The summed E-state index contributed by atoms with van der Waals surface area (Å²) < 4.78 is 0. The number of nitrogens with two attached hydrogens (primary N) is 2. The Morgan fingerprint density at radius 1 is 1.00 bits per heavy atom. The second-order valence-electron chi connectivity index (χ2n) is 0.676. The van der Waals surface area contributed by atoms with Gasteiger partial charge >= 0.3 is 29.6 Å². The maximum Gasteiger partial charge on any atom is 0 e. The van der Waals surface area contributed by atoms with Gasteiger partial charge < -0.3 is 21.7 Å². The van der Waals surface area contributed by atoms with Gasteiger partial charge in [0.2, 0.25) is 0 Å². The van der Waals surface area contributed by atoms with Crippen molar-refractivity contribution < 1.29 is 29.7 Å². The van der Waals surface area contributed by atoms with Crippen LogP contribution in [0.5, 0.6) is 0 Å². The molecule has 0 atom stereocenters. The molecular formula is C2H7N2NaO2S2Zn. The SMILES string of the molecule is NC(O)=S.NC(O)=S.[NaH].[Zn]. The number of aliphatic hydroxyl groups is 2. The maximum atomic E-state index is 7.56. The quantitative estimate of drug-likeness (QED) is 0.320. The molecule has 4 nitrogen and oxygen atoms in total. The van der Waals surface area contributed by atoms with E-state index in [4.69, 9.17) is 10.2 Å². The van der Waals surface area contributed by atoms with Gasteiger partial charge in [0.15, 0.2) is 0 Å². The second kappa shape index (κ2) is 16.5. The van der Waals surface area contributed by atoms with Gasteiger partial charge in [-0.15, -0.1) is 0 Å². The molecule has 0 aliphatic heterocycles. The first-order valence-electron chi connectivity index (χ1n) is 1.43. The van der Waals surface area contributed by atoms with Crippen molar-refractivity contribution >= 4 is 64.3 Å². The Morgan fingerprint density at radius 3 is 1.00 bits per heavy atom. The average molecular weight is 244 g/mol. The molecular weight excluding hydrogens is 237 g/mol. The summed E-state index contributed by atoms with van der Waals surface area (Å²) in [7, 11) is 0. The van der Waals surface area contributed by atoms with Gasteiger partial charge in [0, 0.05) is 19.5 Å². The average Bonchev–Trinajstić information content (AvgIpc) is 1.25. The molecule has 0 rings (SSSR count). The molecule has 0 radical (unpaired) electrons. The zero-order valence-electron chi connectivity index (χ0n) is 4.57. The van der Waals surface area contributed by atoms with E-state index in [0.29, 0.717) is 0 Å². The van der Waals surface area contributed by atoms with Crippen molar-refractivity contribution in [1.29, 1.82) is 0 Å². The van der Waals surface area contributed by atoms with Crippen molar-refractivity contribution in [2.45, 2.75) is 0 Å². The Hall–Kier alpha value is 1.00. The van der Waals surface area contributed by atoms with Gasteiger partial charge in [0.1, 0.15) is 0 Å². The molecule has 0 fully saturated rings. The van der Waals surface area contributed by atoms with Crippen molar-refractivity contribution in [1.82, 2.24) is 0 Å². The first kappa shape index (κ1) is 22.4. The summed E-state index contributed by atoms with van der Waals surface area (Å²) in [5.74, 6) is 0. The Kier molecular flexibility index (Phi) is 37.1. The van der Waals surface area contributed by atoms with Crippen LogP contribution >= 0.6 is 24.4 Å². The molecule has 0 spiro atoms. The van der Waals surface area contributed by atoms with E-state index in [2.05, 4.69) is 35.9 Å². The minimum atomic E-state index is -0.500. The van der Waals surface area contributed by atoms with Gasteiger partial charge in [-0.25, -0.2) is 0 Å². The maximum absolute atomic E-state index is 7.56. The smallest absolute Gasteiger partial charge is 0 e. The van der Waals surface area contributed by atoms with Crippen molar-refractivity contribution in [3.05, 3.63) is 0 Å². The fourth-order valence-electron chi connectivity index (χ4n) is 0. The largest absolute Gasteiger partial charge is 0 e. The fourth-order valence-corrected chi connectivity index (χ4v) is 0. The minimum Gasteiger partial charge on any atom is 0 e. The molecule has 0 heterocycles.